The lowest BCUT2D eigenvalue weighted by molar-refractivity contribution is -0.115. The highest BCUT2D eigenvalue weighted by Crippen LogP contribution is 2.36. The molecule has 2 rings (SSSR count). The van der Waals surface area contributed by atoms with E-state index in [-0.39, 0.29) is 10.8 Å². The standard InChI is InChI=1S/C18H20Cl2N2O3S2/c1-11-8-9-13(27(24,25)22(3)4)10-16(11)21-18(23)12(2)26-17-14(19)6-5-7-15(17)20/h5-10,12H,1-4H3,(H,21,23). The lowest BCUT2D eigenvalue weighted by atomic mass is 10.2. The second kappa shape index (κ2) is 8.84. The Kier molecular flexibility index (Phi) is 7.21. The van der Waals surface area contributed by atoms with E-state index in [2.05, 4.69) is 5.32 Å². The van der Waals surface area contributed by atoms with E-state index < -0.39 is 15.3 Å². The third-order valence-electron chi connectivity index (χ3n) is 3.83. The van der Waals surface area contributed by atoms with Gasteiger partial charge in [-0.3, -0.25) is 4.79 Å². The normalized spacial score (nSPS) is 12.9. The number of hydrogen-bond donors (Lipinski definition) is 1. The predicted octanol–water partition coefficient (Wildman–Crippen LogP) is 4.67. The number of sulfonamides is 1. The van der Waals surface area contributed by atoms with Gasteiger partial charge in [0.05, 0.1) is 20.2 Å². The van der Waals surface area contributed by atoms with E-state index in [0.29, 0.717) is 20.6 Å². The maximum atomic E-state index is 12.6. The maximum Gasteiger partial charge on any atom is 0.242 e. The second-order valence-corrected chi connectivity index (χ2v) is 10.4. The molecule has 2 aromatic carbocycles. The van der Waals surface area contributed by atoms with Crippen LogP contribution in [0, 0.1) is 6.92 Å². The summed E-state index contributed by atoms with van der Waals surface area (Å²) in [4.78, 5) is 13.4. The molecule has 1 N–H and O–H groups in total. The Bertz CT molecular complexity index is 943. The van der Waals surface area contributed by atoms with Gasteiger partial charge in [0.15, 0.2) is 0 Å². The van der Waals surface area contributed by atoms with Gasteiger partial charge in [-0.2, -0.15) is 0 Å². The summed E-state index contributed by atoms with van der Waals surface area (Å²) in [6.07, 6.45) is 0. The van der Waals surface area contributed by atoms with Crippen molar-refractivity contribution in [2.24, 2.45) is 0 Å². The Morgan fingerprint density at radius 1 is 1.15 bits per heavy atom. The highest BCUT2D eigenvalue weighted by molar-refractivity contribution is 8.00. The van der Waals surface area contributed by atoms with Crippen LogP contribution in [0.5, 0.6) is 0 Å². The molecular formula is C18H20Cl2N2O3S2. The van der Waals surface area contributed by atoms with E-state index in [1.807, 2.05) is 0 Å². The molecule has 0 heterocycles. The Morgan fingerprint density at radius 3 is 2.30 bits per heavy atom. The number of anilines is 1. The van der Waals surface area contributed by atoms with Crippen molar-refractivity contribution in [3.8, 4) is 0 Å². The third-order valence-corrected chi connectivity index (χ3v) is 7.74. The van der Waals surface area contributed by atoms with Crippen molar-refractivity contribution in [3.05, 3.63) is 52.0 Å². The molecule has 0 saturated heterocycles. The van der Waals surface area contributed by atoms with E-state index in [9.17, 15) is 13.2 Å². The number of nitrogens with zero attached hydrogens (tertiary/aromatic N) is 1. The van der Waals surface area contributed by atoms with Crippen molar-refractivity contribution in [2.45, 2.75) is 28.9 Å². The van der Waals surface area contributed by atoms with Crippen LogP contribution in [-0.4, -0.2) is 38.0 Å². The SMILES string of the molecule is Cc1ccc(S(=O)(=O)N(C)C)cc1NC(=O)C(C)Sc1c(Cl)cccc1Cl. The number of nitrogens with one attached hydrogen (secondary N) is 1. The van der Waals surface area contributed by atoms with E-state index in [1.165, 1.54) is 38.0 Å². The van der Waals surface area contributed by atoms with E-state index in [1.54, 1.807) is 38.1 Å². The number of thioether (sulfide) groups is 1. The lowest BCUT2D eigenvalue weighted by Crippen LogP contribution is -2.24. The molecule has 1 atom stereocenters. The Labute approximate surface area is 174 Å². The summed E-state index contributed by atoms with van der Waals surface area (Å²) in [7, 11) is -0.674. The molecule has 0 aliphatic rings. The molecule has 1 unspecified atom stereocenters. The number of benzene rings is 2. The van der Waals surface area contributed by atoms with Gasteiger partial charge in [-0.25, -0.2) is 12.7 Å². The van der Waals surface area contributed by atoms with Crippen molar-refractivity contribution < 1.29 is 13.2 Å². The minimum atomic E-state index is -3.59. The summed E-state index contributed by atoms with van der Waals surface area (Å²) in [6, 6.07) is 9.79. The quantitative estimate of drug-likeness (QED) is 0.654. The maximum absolute atomic E-state index is 12.6. The molecule has 0 bridgehead atoms. The first-order valence-corrected chi connectivity index (χ1v) is 11.1. The van der Waals surface area contributed by atoms with Crippen molar-refractivity contribution in [1.29, 1.82) is 0 Å². The van der Waals surface area contributed by atoms with E-state index in [4.69, 9.17) is 23.2 Å². The van der Waals surface area contributed by atoms with Crippen molar-refractivity contribution in [2.75, 3.05) is 19.4 Å². The van der Waals surface area contributed by atoms with Crippen molar-refractivity contribution in [1.82, 2.24) is 4.31 Å². The minimum absolute atomic E-state index is 0.114. The molecule has 9 heteroatoms. The largest absolute Gasteiger partial charge is 0.325 e. The first kappa shape index (κ1) is 22.0. The van der Waals surface area contributed by atoms with Crippen LogP contribution in [0.25, 0.3) is 0 Å². The molecule has 27 heavy (non-hydrogen) atoms. The topological polar surface area (TPSA) is 66.5 Å². The van der Waals surface area contributed by atoms with E-state index >= 15 is 0 Å². The van der Waals surface area contributed by atoms with Gasteiger partial charge < -0.3 is 5.32 Å². The average Bonchev–Trinajstić information content (AvgIpc) is 2.59. The van der Waals surface area contributed by atoms with Crippen LogP contribution in [0.4, 0.5) is 5.69 Å². The third kappa shape index (κ3) is 5.18. The van der Waals surface area contributed by atoms with Gasteiger partial charge in [0.25, 0.3) is 0 Å². The number of hydrogen-bond acceptors (Lipinski definition) is 4. The minimum Gasteiger partial charge on any atom is -0.325 e. The molecule has 146 valence electrons. The van der Waals surface area contributed by atoms with Gasteiger partial charge in [-0.1, -0.05) is 35.3 Å². The number of carbonyl (C=O) groups is 1. The number of carbonyl (C=O) groups excluding carboxylic acids is 1. The fourth-order valence-corrected chi connectivity index (χ4v) is 4.64. The molecule has 0 aliphatic heterocycles. The summed E-state index contributed by atoms with van der Waals surface area (Å²) in [5.74, 6) is -0.279. The zero-order valence-electron chi connectivity index (χ0n) is 15.3. The van der Waals surface area contributed by atoms with Crippen molar-refractivity contribution >= 4 is 56.6 Å². The fourth-order valence-electron chi connectivity index (χ4n) is 2.17. The van der Waals surface area contributed by atoms with Crippen LogP contribution in [0.15, 0.2) is 46.2 Å². The van der Waals surface area contributed by atoms with Crippen molar-refractivity contribution in [3.63, 3.8) is 0 Å². The molecule has 1 amide bonds. The molecule has 0 saturated carbocycles. The van der Waals surface area contributed by atoms with Crippen LogP contribution in [0.1, 0.15) is 12.5 Å². The average molecular weight is 447 g/mol. The van der Waals surface area contributed by atoms with Gasteiger partial charge in [0, 0.05) is 24.7 Å². The summed E-state index contributed by atoms with van der Waals surface area (Å²) in [5.41, 5.74) is 1.20. The van der Waals surface area contributed by atoms with Gasteiger partial charge in [-0.15, -0.1) is 11.8 Å². The molecule has 5 nitrogen and oxygen atoms in total. The second-order valence-electron chi connectivity index (χ2n) is 6.06. The van der Waals surface area contributed by atoms with Crippen LogP contribution in [-0.2, 0) is 14.8 Å². The number of aryl methyl sites for hydroxylation is 1. The monoisotopic (exact) mass is 446 g/mol. The fraction of sp³-hybridized carbons (Fsp3) is 0.278. The smallest absolute Gasteiger partial charge is 0.242 e. The number of halogens is 2. The Balaban J connectivity index is 2.22. The van der Waals surface area contributed by atoms with Crippen LogP contribution >= 0.6 is 35.0 Å². The van der Waals surface area contributed by atoms with Gasteiger partial charge in [0.1, 0.15) is 0 Å². The van der Waals surface area contributed by atoms with Gasteiger partial charge in [-0.05, 0) is 43.7 Å². The van der Waals surface area contributed by atoms with Gasteiger partial charge >= 0.3 is 0 Å². The number of amides is 1. The Morgan fingerprint density at radius 2 is 1.74 bits per heavy atom. The molecule has 0 radical (unpaired) electrons. The highest BCUT2D eigenvalue weighted by atomic mass is 35.5. The molecule has 0 aromatic heterocycles. The molecule has 0 spiro atoms. The zero-order valence-corrected chi connectivity index (χ0v) is 18.4. The molecule has 2 aromatic rings. The molecule has 0 aliphatic carbocycles. The first-order chi connectivity index (χ1) is 12.5. The molecule has 0 fully saturated rings. The highest BCUT2D eigenvalue weighted by Gasteiger charge is 2.21. The zero-order chi connectivity index (χ0) is 20.4. The number of rotatable bonds is 6. The Hall–Kier alpha value is -1.25. The molecular weight excluding hydrogens is 427 g/mol. The first-order valence-electron chi connectivity index (χ1n) is 7.98. The summed E-state index contributed by atoms with van der Waals surface area (Å²) in [6.45, 7) is 3.53. The summed E-state index contributed by atoms with van der Waals surface area (Å²) >= 11 is 13.6. The van der Waals surface area contributed by atoms with Gasteiger partial charge in [0.2, 0.25) is 15.9 Å². The van der Waals surface area contributed by atoms with E-state index in [0.717, 1.165) is 9.87 Å². The lowest BCUT2D eigenvalue weighted by Gasteiger charge is -2.17. The van der Waals surface area contributed by atoms with Crippen LogP contribution in [0.2, 0.25) is 10.0 Å². The summed E-state index contributed by atoms with van der Waals surface area (Å²) < 4.78 is 25.7. The summed E-state index contributed by atoms with van der Waals surface area (Å²) in [5, 5.41) is 3.25. The predicted molar refractivity (Wildman–Crippen MR) is 112 cm³/mol. The van der Waals surface area contributed by atoms with Crippen LogP contribution < -0.4 is 5.32 Å². The van der Waals surface area contributed by atoms with Crippen LogP contribution in [0.3, 0.4) is 0 Å².